The number of hydrogen-bond acceptors (Lipinski definition) is 3. The van der Waals surface area contributed by atoms with Crippen LogP contribution in [0.1, 0.15) is 17.9 Å². The average molecular weight is 196 g/mol. The predicted octanol–water partition coefficient (Wildman–Crippen LogP) is 1.41. The Morgan fingerprint density at radius 2 is 2.54 bits per heavy atom. The van der Waals surface area contributed by atoms with Gasteiger partial charge in [0.25, 0.3) is 0 Å². The van der Waals surface area contributed by atoms with E-state index in [0.717, 1.165) is 6.42 Å². The largest absolute Gasteiger partial charge is 0.287 e. The van der Waals surface area contributed by atoms with Crippen molar-refractivity contribution in [1.82, 2.24) is 9.78 Å². The average Bonchev–Trinajstić information content (AvgIpc) is 2.82. The van der Waals surface area contributed by atoms with Crippen LogP contribution in [0.2, 0.25) is 0 Å². The highest BCUT2D eigenvalue weighted by molar-refractivity contribution is 8.13. The third-order valence-electron chi connectivity index (χ3n) is 2.45. The van der Waals surface area contributed by atoms with Gasteiger partial charge >= 0.3 is 0 Å². The molecular weight excluding hydrogens is 184 g/mol. The van der Waals surface area contributed by atoms with Crippen LogP contribution in [0.3, 0.4) is 0 Å². The summed E-state index contributed by atoms with van der Waals surface area (Å²) >= 11 is 1.33. The van der Waals surface area contributed by atoms with Gasteiger partial charge in [-0.3, -0.25) is 9.48 Å². The number of aryl methyl sites for hydroxylation is 1. The first-order chi connectivity index (χ1) is 6.22. The summed E-state index contributed by atoms with van der Waals surface area (Å²) in [5.41, 5.74) is 1.20. The van der Waals surface area contributed by atoms with Crippen LogP contribution in [0.4, 0.5) is 0 Å². The first-order valence-corrected chi connectivity index (χ1v) is 5.51. The zero-order chi connectivity index (χ0) is 9.42. The molecule has 2 atom stereocenters. The first-order valence-electron chi connectivity index (χ1n) is 4.28. The van der Waals surface area contributed by atoms with Crippen LogP contribution >= 0.6 is 11.8 Å². The summed E-state index contributed by atoms with van der Waals surface area (Å²) in [5, 5.41) is 4.41. The molecule has 3 nitrogen and oxygen atoms in total. The van der Waals surface area contributed by atoms with E-state index >= 15 is 0 Å². The van der Waals surface area contributed by atoms with E-state index in [4.69, 9.17) is 0 Å². The Balaban J connectivity index is 2.04. The van der Waals surface area contributed by atoms with E-state index in [1.165, 1.54) is 17.3 Å². The summed E-state index contributed by atoms with van der Waals surface area (Å²) in [6.07, 6.45) is 6.71. The second kappa shape index (κ2) is 3.18. The standard InChI is InChI=1S/C9H12N2OS/c1-11-5-6(4-10-11)7-3-8(7)9(12)13-2/h4-5,7-8H,3H2,1-2H3. The molecule has 0 amide bonds. The summed E-state index contributed by atoms with van der Waals surface area (Å²) < 4.78 is 1.79. The van der Waals surface area contributed by atoms with Gasteiger partial charge in [-0.25, -0.2) is 0 Å². The van der Waals surface area contributed by atoms with Gasteiger partial charge in [0, 0.05) is 19.2 Å². The summed E-state index contributed by atoms with van der Waals surface area (Å²) in [4.78, 5) is 11.3. The molecule has 2 rings (SSSR count). The van der Waals surface area contributed by atoms with Crippen LogP contribution in [-0.2, 0) is 11.8 Å². The molecule has 0 bridgehead atoms. The monoisotopic (exact) mass is 196 g/mol. The highest BCUT2D eigenvalue weighted by Crippen LogP contribution is 2.49. The van der Waals surface area contributed by atoms with Crippen molar-refractivity contribution >= 4 is 16.9 Å². The van der Waals surface area contributed by atoms with Gasteiger partial charge < -0.3 is 0 Å². The van der Waals surface area contributed by atoms with E-state index in [-0.39, 0.29) is 5.92 Å². The second-order valence-electron chi connectivity index (χ2n) is 3.42. The molecule has 0 radical (unpaired) electrons. The Kier molecular flexibility index (Phi) is 2.15. The molecule has 4 heteroatoms. The summed E-state index contributed by atoms with van der Waals surface area (Å²) in [7, 11) is 1.90. The number of aromatic nitrogens is 2. The fraction of sp³-hybridized carbons (Fsp3) is 0.556. The Morgan fingerprint density at radius 1 is 1.77 bits per heavy atom. The lowest BCUT2D eigenvalue weighted by Gasteiger charge is -1.92. The van der Waals surface area contributed by atoms with Crippen molar-refractivity contribution in [1.29, 1.82) is 0 Å². The van der Waals surface area contributed by atoms with Gasteiger partial charge in [-0.1, -0.05) is 11.8 Å². The third kappa shape index (κ3) is 1.63. The fourth-order valence-electron chi connectivity index (χ4n) is 1.61. The van der Waals surface area contributed by atoms with Gasteiger partial charge in [0.15, 0.2) is 5.12 Å². The van der Waals surface area contributed by atoms with E-state index < -0.39 is 0 Å². The first kappa shape index (κ1) is 8.81. The zero-order valence-corrected chi connectivity index (χ0v) is 8.54. The van der Waals surface area contributed by atoms with Gasteiger partial charge in [0.2, 0.25) is 0 Å². The number of carbonyl (C=O) groups excluding carboxylic acids is 1. The molecule has 1 fully saturated rings. The van der Waals surface area contributed by atoms with E-state index in [0.29, 0.717) is 11.0 Å². The van der Waals surface area contributed by atoms with E-state index in [1.807, 2.05) is 25.7 Å². The minimum atomic E-state index is 0.249. The van der Waals surface area contributed by atoms with Crippen LogP contribution in [0.5, 0.6) is 0 Å². The van der Waals surface area contributed by atoms with Crippen LogP contribution in [0.25, 0.3) is 0 Å². The number of rotatable bonds is 2. The van der Waals surface area contributed by atoms with Gasteiger partial charge in [-0.15, -0.1) is 0 Å². The lowest BCUT2D eigenvalue weighted by molar-refractivity contribution is -0.112. The van der Waals surface area contributed by atoms with Crippen molar-refractivity contribution < 1.29 is 4.79 Å². The maximum Gasteiger partial charge on any atom is 0.192 e. The zero-order valence-electron chi connectivity index (χ0n) is 7.73. The molecule has 1 aromatic rings. The maximum absolute atomic E-state index is 11.3. The predicted molar refractivity (Wildman–Crippen MR) is 52.6 cm³/mol. The SMILES string of the molecule is CSC(=O)C1CC1c1cnn(C)c1. The molecule has 0 aliphatic heterocycles. The third-order valence-corrected chi connectivity index (χ3v) is 3.15. The lowest BCUT2D eigenvalue weighted by Crippen LogP contribution is -1.94. The fourth-order valence-corrected chi connectivity index (χ4v) is 2.17. The summed E-state index contributed by atoms with van der Waals surface area (Å²) in [5.74, 6) is 0.688. The molecular formula is C9H12N2OS. The highest BCUT2D eigenvalue weighted by atomic mass is 32.2. The summed E-state index contributed by atoms with van der Waals surface area (Å²) in [6.45, 7) is 0. The summed E-state index contributed by atoms with van der Waals surface area (Å²) in [6, 6.07) is 0. The van der Waals surface area contributed by atoms with Crippen molar-refractivity contribution in [3.05, 3.63) is 18.0 Å². The van der Waals surface area contributed by atoms with Crippen LogP contribution in [0, 0.1) is 5.92 Å². The van der Waals surface area contributed by atoms with E-state index in [9.17, 15) is 4.79 Å². The van der Waals surface area contributed by atoms with Crippen molar-refractivity contribution in [2.24, 2.45) is 13.0 Å². The molecule has 13 heavy (non-hydrogen) atoms. The smallest absolute Gasteiger partial charge is 0.192 e. The van der Waals surface area contributed by atoms with Gasteiger partial charge in [0.1, 0.15) is 0 Å². The number of hydrogen-bond donors (Lipinski definition) is 0. The molecule has 1 heterocycles. The highest BCUT2D eigenvalue weighted by Gasteiger charge is 2.43. The molecule has 1 aromatic heterocycles. The van der Waals surface area contributed by atoms with Crippen LogP contribution < -0.4 is 0 Å². The molecule has 0 N–H and O–H groups in total. The van der Waals surface area contributed by atoms with Crippen molar-refractivity contribution in [2.45, 2.75) is 12.3 Å². The van der Waals surface area contributed by atoms with E-state index in [2.05, 4.69) is 5.10 Å². The second-order valence-corrected chi connectivity index (χ2v) is 4.23. The van der Waals surface area contributed by atoms with Gasteiger partial charge in [-0.2, -0.15) is 5.10 Å². The Bertz CT molecular complexity index is 334. The molecule has 2 unspecified atom stereocenters. The molecule has 0 saturated heterocycles. The van der Waals surface area contributed by atoms with E-state index in [1.54, 1.807) is 4.68 Å². The van der Waals surface area contributed by atoms with Crippen LogP contribution in [-0.4, -0.2) is 21.2 Å². The molecule has 1 aliphatic rings. The minimum Gasteiger partial charge on any atom is -0.287 e. The van der Waals surface area contributed by atoms with Crippen molar-refractivity contribution in [3.63, 3.8) is 0 Å². The maximum atomic E-state index is 11.3. The molecule has 70 valence electrons. The molecule has 0 aromatic carbocycles. The Hall–Kier alpha value is -0.770. The molecule has 0 spiro atoms. The molecule has 1 saturated carbocycles. The van der Waals surface area contributed by atoms with Gasteiger partial charge in [-0.05, 0) is 24.2 Å². The lowest BCUT2D eigenvalue weighted by atomic mass is 10.2. The van der Waals surface area contributed by atoms with Gasteiger partial charge in [0.05, 0.1) is 6.20 Å². The minimum absolute atomic E-state index is 0.249. The van der Waals surface area contributed by atoms with Crippen molar-refractivity contribution in [2.75, 3.05) is 6.26 Å². The topological polar surface area (TPSA) is 34.9 Å². The van der Waals surface area contributed by atoms with Crippen molar-refractivity contribution in [3.8, 4) is 0 Å². The molecule has 1 aliphatic carbocycles. The van der Waals surface area contributed by atoms with Crippen LogP contribution in [0.15, 0.2) is 12.4 Å². The Labute approximate surface area is 81.5 Å². The number of nitrogens with zero attached hydrogens (tertiary/aromatic N) is 2. The number of carbonyl (C=O) groups is 1. The number of thioether (sulfide) groups is 1. The quantitative estimate of drug-likeness (QED) is 0.717. The Morgan fingerprint density at radius 3 is 3.08 bits per heavy atom. The normalized spacial score (nSPS) is 26.0.